The Morgan fingerprint density at radius 3 is 2.31 bits per heavy atom. The molecule has 4 nitrogen and oxygen atoms in total. The minimum Gasteiger partial charge on any atom is -0.270 e. The van der Waals surface area contributed by atoms with E-state index in [0.29, 0.717) is 22.2 Å². The van der Waals surface area contributed by atoms with E-state index < -0.39 is 0 Å². The molecule has 0 aliphatic carbocycles. The molecule has 0 unspecified atom stereocenters. The van der Waals surface area contributed by atoms with Crippen molar-refractivity contribution in [3.63, 3.8) is 0 Å². The second kappa shape index (κ2) is 4.39. The van der Waals surface area contributed by atoms with Gasteiger partial charge in [-0.2, -0.15) is 5.10 Å². The number of aromatic nitrogens is 4. The van der Waals surface area contributed by atoms with Crippen molar-refractivity contribution >= 4 is 23.2 Å². The summed E-state index contributed by atoms with van der Waals surface area (Å²) in [6, 6.07) is 1.79. The Balaban J connectivity index is 2.42. The van der Waals surface area contributed by atoms with Crippen LogP contribution in [0.2, 0.25) is 10.3 Å². The summed E-state index contributed by atoms with van der Waals surface area (Å²) >= 11 is 11.6. The van der Waals surface area contributed by atoms with Gasteiger partial charge in [-0.25, -0.2) is 9.97 Å². The summed E-state index contributed by atoms with van der Waals surface area (Å²) in [4.78, 5) is 8.19. The summed E-state index contributed by atoms with van der Waals surface area (Å²) in [5.74, 6) is 0.490. The average Bonchev–Trinajstić information content (AvgIpc) is 2.64. The zero-order chi connectivity index (χ0) is 11.7. The Morgan fingerprint density at radius 2 is 1.81 bits per heavy atom. The van der Waals surface area contributed by atoms with Crippen molar-refractivity contribution in [3.8, 4) is 11.4 Å². The first-order valence-corrected chi connectivity index (χ1v) is 5.56. The van der Waals surface area contributed by atoms with Crippen LogP contribution < -0.4 is 0 Å². The van der Waals surface area contributed by atoms with Crippen LogP contribution in [0.3, 0.4) is 0 Å². The predicted octanol–water partition coefficient (Wildman–Crippen LogP) is 3.23. The molecule has 0 amide bonds. The summed E-state index contributed by atoms with van der Waals surface area (Å²) in [7, 11) is 0. The number of rotatable bonds is 2. The van der Waals surface area contributed by atoms with E-state index in [0.717, 1.165) is 5.56 Å². The smallest absolute Gasteiger partial charge is 0.165 e. The monoisotopic (exact) mass is 256 g/mol. The molecule has 0 N–H and O–H groups in total. The lowest BCUT2D eigenvalue weighted by molar-refractivity contribution is 0.532. The Bertz CT molecular complexity index is 487. The maximum Gasteiger partial charge on any atom is 0.165 e. The first-order chi connectivity index (χ1) is 7.56. The Hall–Kier alpha value is -1.13. The normalized spacial score (nSPS) is 11.1. The van der Waals surface area contributed by atoms with Gasteiger partial charge in [0, 0.05) is 18.3 Å². The summed E-state index contributed by atoms with van der Waals surface area (Å²) in [6.45, 7) is 4.09. The highest BCUT2D eigenvalue weighted by atomic mass is 35.5. The molecule has 2 aromatic heterocycles. The van der Waals surface area contributed by atoms with Crippen LogP contribution in [0.4, 0.5) is 0 Å². The van der Waals surface area contributed by atoms with Gasteiger partial charge in [0.15, 0.2) is 5.82 Å². The van der Waals surface area contributed by atoms with Crippen molar-refractivity contribution in [1.82, 2.24) is 19.7 Å². The molecule has 2 aromatic rings. The fraction of sp³-hybridized carbons (Fsp3) is 0.300. The maximum atomic E-state index is 5.81. The molecule has 0 bridgehead atoms. The molecular weight excluding hydrogens is 247 g/mol. The van der Waals surface area contributed by atoms with Crippen LogP contribution in [0.15, 0.2) is 18.5 Å². The van der Waals surface area contributed by atoms with Gasteiger partial charge in [0.05, 0.1) is 11.8 Å². The van der Waals surface area contributed by atoms with E-state index in [1.807, 2.05) is 24.7 Å². The van der Waals surface area contributed by atoms with E-state index in [9.17, 15) is 0 Å². The van der Waals surface area contributed by atoms with Gasteiger partial charge in [-0.3, -0.25) is 4.68 Å². The third-order valence-electron chi connectivity index (χ3n) is 2.05. The van der Waals surface area contributed by atoms with Crippen LogP contribution in [-0.4, -0.2) is 19.7 Å². The molecule has 0 saturated carbocycles. The van der Waals surface area contributed by atoms with Crippen LogP contribution in [0.5, 0.6) is 0 Å². The van der Waals surface area contributed by atoms with E-state index in [2.05, 4.69) is 15.1 Å². The number of nitrogens with zero attached hydrogens (tertiary/aromatic N) is 4. The Labute approximate surface area is 103 Å². The third kappa shape index (κ3) is 2.33. The van der Waals surface area contributed by atoms with Crippen molar-refractivity contribution in [2.24, 2.45) is 0 Å². The molecule has 0 atom stereocenters. The van der Waals surface area contributed by atoms with E-state index in [4.69, 9.17) is 23.2 Å². The number of hydrogen-bond acceptors (Lipinski definition) is 3. The SMILES string of the molecule is CC(C)n1cc(-c2nc(Cl)cc(Cl)n2)cn1. The number of hydrogen-bond donors (Lipinski definition) is 0. The average molecular weight is 257 g/mol. The molecule has 6 heteroatoms. The zero-order valence-corrected chi connectivity index (χ0v) is 10.4. The molecule has 0 fully saturated rings. The fourth-order valence-corrected chi connectivity index (χ4v) is 1.68. The second-order valence-electron chi connectivity index (χ2n) is 3.64. The number of halogens is 2. The van der Waals surface area contributed by atoms with E-state index in [1.165, 1.54) is 6.07 Å². The molecule has 0 aliphatic heterocycles. The standard InChI is InChI=1S/C10H10Cl2N4/c1-6(2)16-5-7(4-13-16)10-14-8(11)3-9(12)15-10/h3-6H,1-2H3. The van der Waals surface area contributed by atoms with Gasteiger partial charge in [-0.1, -0.05) is 23.2 Å². The lowest BCUT2D eigenvalue weighted by Crippen LogP contribution is -1.99. The topological polar surface area (TPSA) is 43.6 Å². The Kier molecular flexibility index (Phi) is 3.12. The molecule has 0 aromatic carbocycles. The largest absolute Gasteiger partial charge is 0.270 e. The first-order valence-electron chi connectivity index (χ1n) is 4.81. The van der Waals surface area contributed by atoms with Crippen LogP contribution in [0.25, 0.3) is 11.4 Å². The van der Waals surface area contributed by atoms with Crippen molar-refractivity contribution in [2.45, 2.75) is 19.9 Å². The van der Waals surface area contributed by atoms with E-state index >= 15 is 0 Å². The van der Waals surface area contributed by atoms with Crippen LogP contribution >= 0.6 is 23.2 Å². The second-order valence-corrected chi connectivity index (χ2v) is 4.41. The molecule has 0 radical (unpaired) electrons. The lowest BCUT2D eigenvalue weighted by Gasteiger charge is -2.03. The molecule has 0 aliphatic rings. The van der Waals surface area contributed by atoms with Gasteiger partial charge in [0.25, 0.3) is 0 Å². The van der Waals surface area contributed by atoms with Crippen molar-refractivity contribution in [1.29, 1.82) is 0 Å². The lowest BCUT2D eigenvalue weighted by atomic mass is 10.3. The highest BCUT2D eigenvalue weighted by Gasteiger charge is 2.08. The maximum absolute atomic E-state index is 5.81. The van der Waals surface area contributed by atoms with Gasteiger partial charge in [0.1, 0.15) is 10.3 Å². The predicted molar refractivity (Wildman–Crippen MR) is 63.7 cm³/mol. The van der Waals surface area contributed by atoms with E-state index in [1.54, 1.807) is 6.20 Å². The van der Waals surface area contributed by atoms with Gasteiger partial charge >= 0.3 is 0 Å². The van der Waals surface area contributed by atoms with Crippen molar-refractivity contribution in [3.05, 3.63) is 28.8 Å². The molecule has 0 spiro atoms. The molecule has 0 saturated heterocycles. The third-order valence-corrected chi connectivity index (χ3v) is 2.44. The summed E-state index contributed by atoms with van der Waals surface area (Å²) in [6.07, 6.45) is 3.56. The van der Waals surface area contributed by atoms with Gasteiger partial charge in [-0.15, -0.1) is 0 Å². The van der Waals surface area contributed by atoms with Crippen LogP contribution in [0, 0.1) is 0 Å². The molecule has 2 rings (SSSR count). The molecule has 84 valence electrons. The molecule has 16 heavy (non-hydrogen) atoms. The van der Waals surface area contributed by atoms with Crippen LogP contribution in [-0.2, 0) is 0 Å². The van der Waals surface area contributed by atoms with Gasteiger partial charge in [0.2, 0.25) is 0 Å². The molecular formula is C10H10Cl2N4. The van der Waals surface area contributed by atoms with Crippen molar-refractivity contribution < 1.29 is 0 Å². The fourth-order valence-electron chi connectivity index (χ4n) is 1.26. The highest BCUT2D eigenvalue weighted by molar-refractivity contribution is 6.33. The summed E-state index contributed by atoms with van der Waals surface area (Å²) in [5.41, 5.74) is 0.804. The van der Waals surface area contributed by atoms with Crippen LogP contribution in [0.1, 0.15) is 19.9 Å². The zero-order valence-electron chi connectivity index (χ0n) is 8.85. The minimum absolute atomic E-state index is 0.295. The minimum atomic E-state index is 0.295. The quantitative estimate of drug-likeness (QED) is 0.776. The molecule has 2 heterocycles. The van der Waals surface area contributed by atoms with E-state index in [-0.39, 0.29) is 0 Å². The summed E-state index contributed by atoms with van der Waals surface area (Å²) < 4.78 is 1.83. The van der Waals surface area contributed by atoms with Gasteiger partial charge in [-0.05, 0) is 13.8 Å². The summed E-state index contributed by atoms with van der Waals surface area (Å²) in [5, 5.41) is 4.85. The Morgan fingerprint density at radius 1 is 1.19 bits per heavy atom. The van der Waals surface area contributed by atoms with Gasteiger partial charge < -0.3 is 0 Å². The first kappa shape index (κ1) is 11.4. The highest BCUT2D eigenvalue weighted by Crippen LogP contribution is 2.20. The van der Waals surface area contributed by atoms with Crippen molar-refractivity contribution in [2.75, 3.05) is 0 Å².